The van der Waals surface area contributed by atoms with Gasteiger partial charge in [-0.15, -0.1) is 0 Å². The predicted molar refractivity (Wildman–Crippen MR) is 93.5 cm³/mol. The lowest BCUT2D eigenvalue weighted by Crippen LogP contribution is -2.64. The van der Waals surface area contributed by atoms with Crippen molar-refractivity contribution in [1.82, 2.24) is 9.88 Å². The fraction of sp³-hybridized carbons (Fsp3) is 0.500. The number of aliphatic hydroxyl groups is 1. The molecule has 1 aromatic heterocycles. The van der Waals surface area contributed by atoms with Crippen molar-refractivity contribution >= 4 is 26.7 Å². The van der Waals surface area contributed by atoms with Crippen molar-refractivity contribution in [1.29, 1.82) is 0 Å². The zero-order valence-corrected chi connectivity index (χ0v) is 14.2. The number of hydrogen-bond acceptors (Lipinski definition) is 6. The molecule has 6 heteroatoms. The molecule has 4 aliphatic rings. The van der Waals surface area contributed by atoms with Crippen LogP contribution in [0.15, 0.2) is 18.2 Å². The number of rotatable bonds is 0. The van der Waals surface area contributed by atoms with Crippen LogP contribution in [0, 0.1) is 5.92 Å². The van der Waals surface area contributed by atoms with Crippen molar-refractivity contribution in [2.24, 2.45) is 5.92 Å². The van der Waals surface area contributed by atoms with Crippen LogP contribution in [0.25, 0.3) is 10.2 Å². The summed E-state index contributed by atoms with van der Waals surface area (Å²) in [5.74, 6) is 1.28. The maximum Gasteiger partial charge on any atom is 0.181 e. The summed E-state index contributed by atoms with van der Waals surface area (Å²) in [6, 6.07) is 2.73. The van der Waals surface area contributed by atoms with Crippen molar-refractivity contribution in [2.45, 2.75) is 36.5 Å². The topological polar surface area (TPSA) is 71.6 Å². The molecule has 0 radical (unpaired) electrons. The van der Waals surface area contributed by atoms with Crippen LogP contribution in [0.5, 0.6) is 5.75 Å². The van der Waals surface area contributed by atoms with E-state index in [0.29, 0.717) is 17.1 Å². The Morgan fingerprint density at radius 3 is 3.21 bits per heavy atom. The molecule has 3 N–H and O–H groups in total. The van der Waals surface area contributed by atoms with E-state index >= 15 is 0 Å². The lowest BCUT2D eigenvalue weighted by Gasteiger charge is -2.56. The molecule has 124 valence electrons. The highest BCUT2D eigenvalue weighted by Gasteiger charge is 2.64. The van der Waals surface area contributed by atoms with E-state index in [1.807, 2.05) is 6.08 Å². The van der Waals surface area contributed by atoms with Gasteiger partial charge in [0.2, 0.25) is 0 Å². The van der Waals surface area contributed by atoms with E-state index in [-0.39, 0.29) is 11.5 Å². The molecule has 24 heavy (non-hydrogen) atoms. The first kappa shape index (κ1) is 13.6. The van der Waals surface area contributed by atoms with Crippen LogP contribution in [0.3, 0.4) is 0 Å². The standard InChI is InChI=1S/C18H19N3O2S/c1-21-5-4-18-9-2-3-11(22)16(18)23-15-13(18)8(6-10(9)21)7-12-14(15)20-17(19)24-12/h2-3,7,9-11,16,22H,4-6H2,1H3,(H2,19,20)/t9-,10-,11-,16-,18-/m0/s1. The smallest absolute Gasteiger partial charge is 0.181 e. The van der Waals surface area contributed by atoms with Gasteiger partial charge in [-0.2, -0.15) is 0 Å². The third-order valence-corrected chi connectivity index (χ3v) is 7.50. The number of nitrogens with two attached hydrogens (primary N) is 1. The summed E-state index contributed by atoms with van der Waals surface area (Å²) in [6.45, 7) is 1.04. The molecule has 3 heterocycles. The van der Waals surface area contributed by atoms with Crippen LogP contribution in [0.2, 0.25) is 0 Å². The number of aromatic nitrogens is 1. The predicted octanol–water partition coefficient (Wildman–Crippen LogP) is 1.68. The highest BCUT2D eigenvalue weighted by atomic mass is 32.1. The number of likely N-dealkylation sites (tertiary alicyclic amines) is 1. The normalized spacial score (nSPS) is 39.1. The number of aliphatic hydroxyl groups excluding tert-OH is 1. The summed E-state index contributed by atoms with van der Waals surface area (Å²) in [4.78, 5) is 7.01. The number of benzene rings is 1. The highest BCUT2D eigenvalue weighted by molar-refractivity contribution is 7.22. The van der Waals surface area contributed by atoms with Gasteiger partial charge in [-0.05, 0) is 38.1 Å². The van der Waals surface area contributed by atoms with Crippen LogP contribution in [-0.4, -0.2) is 46.8 Å². The van der Waals surface area contributed by atoms with Crippen LogP contribution >= 0.6 is 11.3 Å². The second-order valence-electron chi connectivity index (χ2n) is 7.62. The number of fused-ring (bicyclic) bond motifs is 2. The van der Waals surface area contributed by atoms with Crippen LogP contribution in [0.4, 0.5) is 5.13 Å². The Kier molecular flexibility index (Phi) is 2.34. The molecule has 0 unspecified atom stereocenters. The first-order chi connectivity index (χ1) is 11.6. The Hall–Kier alpha value is -1.63. The molecule has 2 bridgehead atoms. The minimum atomic E-state index is -0.560. The SMILES string of the molecule is CN1CC[C@]23c4c5cc6sc(N)nc6c4O[C@H]2[C@@H](O)C=C[C@H]3[C@@H]1C5. The first-order valence-corrected chi connectivity index (χ1v) is 9.37. The fourth-order valence-electron chi connectivity index (χ4n) is 5.72. The zero-order chi connectivity index (χ0) is 16.2. The molecular formula is C18H19N3O2S. The van der Waals surface area contributed by atoms with E-state index in [0.717, 1.165) is 35.4 Å². The number of thiazole rings is 1. The van der Waals surface area contributed by atoms with Crippen LogP contribution in [-0.2, 0) is 11.8 Å². The summed E-state index contributed by atoms with van der Waals surface area (Å²) >= 11 is 1.52. The van der Waals surface area contributed by atoms with Gasteiger partial charge in [-0.1, -0.05) is 23.5 Å². The molecular weight excluding hydrogens is 322 g/mol. The summed E-state index contributed by atoms with van der Waals surface area (Å²) in [7, 11) is 2.22. The number of likely N-dealkylation sites (N-methyl/N-ethyl adjacent to an activating group) is 1. The van der Waals surface area contributed by atoms with Gasteiger partial charge >= 0.3 is 0 Å². The van der Waals surface area contributed by atoms with Crippen LogP contribution in [0.1, 0.15) is 17.5 Å². The Morgan fingerprint density at radius 1 is 1.46 bits per heavy atom. The molecule has 5 atom stereocenters. The Morgan fingerprint density at radius 2 is 2.33 bits per heavy atom. The van der Waals surface area contributed by atoms with Crippen molar-refractivity contribution < 1.29 is 9.84 Å². The summed E-state index contributed by atoms with van der Waals surface area (Å²) < 4.78 is 7.52. The van der Waals surface area contributed by atoms with Crippen molar-refractivity contribution in [3.05, 3.63) is 29.3 Å². The van der Waals surface area contributed by atoms with Gasteiger partial charge in [0.05, 0.1) is 4.70 Å². The average molecular weight is 341 g/mol. The Balaban J connectivity index is 1.73. The molecule has 1 fully saturated rings. The molecule has 2 aromatic rings. The van der Waals surface area contributed by atoms with Gasteiger partial charge in [-0.3, -0.25) is 0 Å². The van der Waals surface area contributed by atoms with Crippen molar-refractivity contribution in [3.63, 3.8) is 0 Å². The number of ether oxygens (including phenoxy) is 1. The average Bonchev–Trinajstić information content (AvgIpc) is 3.09. The maximum absolute atomic E-state index is 10.7. The largest absolute Gasteiger partial charge is 0.484 e. The minimum Gasteiger partial charge on any atom is -0.484 e. The van der Waals surface area contributed by atoms with Gasteiger partial charge in [0.1, 0.15) is 17.7 Å². The summed E-state index contributed by atoms with van der Waals surface area (Å²) in [6.07, 6.45) is 5.45. The number of piperidine rings is 1. The quantitative estimate of drug-likeness (QED) is 0.714. The molecule has 5 nitrogen and oxygen atoms in total. The van der Waals surface area contributed by atoms with Gasteiger partial charge in [0.15, 0.2) is 10.9 Å². The summed E-state index contributed by atoms with van der Waals surface area (Å²) in [5.41, 5.74) is 9.41. The van der Waals surface area contributed by atoms with E-state index in [2.05, 4.69) is 29.1 Å². The van der Waals surface area contributed by atoms with E-state index in [1.54, 1.807) is 0 Å². The monoisotopic (exact) mass is 341 g/mol. The summed E-state index contributed by atoms with van der Waals surface area (Å²) in [5, 5.41) is 11.2. The van der Waals surface area contributed by atoms with E-state index in [1.165, 1.54) is 22.5 Å². The first-order valence-electron chi connectivity index (χ1n) is 8.55. The minimum absolute atomic E-state index is 0.110. The van der Waals surface area contributed by atoms with Gasteiger partial charge in [0, 0.05) is 22.9 Å². The molecule has 0 saturated carbocycles. The molecule has 2 aliphatic carbocycles. The third kappa shape index (κ3) is 1.35. The zero-order valence-electron chi connectivity index (χ0n) is 13.4. The fourth-order valence-corrected chi connectivity index (χ4v) is 6.51. The molecule has 0 amide bonds. The molecule has 1 saturated heterocycles. The Labute approximate surface area is 143 Å². The Bertz CT molecular complexity index is 923. The lowest BCUT2D eigenvalue weighted by atomic mass is 9.53. The highest BCUT2D eigenvalue weighted by Crippen LogP contribution is 2.62. The number of nitrogens with zero attached hydrogens (tertiary/aromatic N) is 2. The molecule has 6 rings (SSSR count). The maximum atomic E-state index is 10.7. The molecule has 1 aromatic carbocycles. The van der Waals surface area contributed by atoms with Crippen molar-refractivity contribution in [2.75, 3.05) is 19.3 Å². The van der Waals surface area contributed by atoms with Crippen molar-refractivity contribution in [3.8, 4) is 5.75 Å². The third-order valence-electron chi connectivity index (χ3n) is 6.67. The molecule has 2 aliphatic heterocycles. The van der Waals surface area contributed by atoms with Crippen LogP contribution < -0.4 is 10.5 Å². The number of anilines is 1. The molecule has 1 spiro atoms. The van der Waals surface area contributed by atoms with E-state index in [9.17, 15) is 5.11 Å². The van der Waals surface area contributed by atoms with E-state index < -0.39 is 6.10 Å². The second-order valence-corrected chi connectivity index (χ2v) is 8.68. The van der Waals surface area contributed by atoms with Gasteiger partial charge in [-0.25, -0.2) is 4.98 Å². The number of nitrogen functional groups attached to an aromatic ring is 1. The number of hydrogen-bond donors (Lipinski definition) is 2. The van der Waals surface area contributed by atoms with Gasteiger partial charge < -0.3 is 20.5 Å². The van der Waals surface area contributed by atoms with E-state index in [4.69, 9.17) is 10.5 Å². The lowest BCUT2D eigenvalue weighted by molar-refractivity contribution is -0.0448. The van der Waals surface area contributed by atoms with Gasteiger partial charge in [0.25, 0.3) is 0 Å². The second kappa shape index (κ2) is 4.12.